The molecule has 0 heterocycles. The molecule has 128 valence electrons. The van der Waals surface area contributed by atoms with Gasteiger partial charge >= 0.3 is 0 Å². The highest BCUT2D eigenvalue weighted by molar-refractivity contribution is 6.30. The van der Waals surface area contributed by atoms with Crippen molar-refractivity contribution in [1.29, 1.82) is 0 Å². The van der Waals surface area contributed by atoms with Crippen molar-refractivity contribution in [2.45, 2.75) is 32.9 Å². The van der Waals surface area contributed by atoms with Gasteiger partial charge < -0.3 is 14.8 Å². The lowest BCUT2D eigenvalue weighted by Gasteiger charge is -2.14. The number of ether oxygens (including phenoxy) is 2. The van der Waals surface area contributed by atoms with Crippen molar-refractivity contribution in [2.24, 2.45) is 0 Å². The molecule has 0 aliphatic rings. The largest absolute Gasteiger partial charge is 0.496 e. The highest BCUT2D eigenvalue weighted by Crippen LogP contribution is 2.23. The Kier molecular flexibility index (Phi) is 6.50. The third-order valence-corrected chi connectivity index (χ3v) is 3.96. The first kappa shape index (κ1) is 18.1. The SMILES string of the molecule is CCC(C)NC(=O)c1ccc(OC)c(COc2cccc(Cl)c2)c1. The van der Waals surface area contributed by atoms with Gasteiger partial charge in [0.05, 0.1) is 7.11 Å². The van der Waals surface area contributed by atoms with E-state index < -0.39 is 0 Å². The lowest BCUT2D eigenvalue weighted by atomic mass is 10.1. The van der Waals surface area contributed by atoms with Crippen LogP contribution < -0.4 is 14.8 Å². The van der Waals surface area contributed by atoms with Gasteiger partial charge in [-0.2, -0.15) is 0 Å². The molecule has 2 rings (SSSR count). The van der Waals surface area contributed by atoms with Crippen LogP contribution in [0.2, 0.25) is 5.02 Å². The monoisotopic (exact) mass is 347 g/mol. The van der Waals surface area contributed by atoms with E-state index in [0.717, 1.165) is 12.0 Å². The first-order chi connectivity index (χ1) is 11.5. The number of methoxy groups -OCH3 is 1. The quantitative estimate of drug-likeness (QED) is 0.804. The molecule has 2 aromatic rings. The molecule has 0 fully saturated rings. The van der Waals surface area contributed by atoms with Crippen molar-refractivity contribution in [1.82, 2.24) is 5.32 Å². The predicted molar refractivity (Wildman–Crippen MR) is 96.0 cm³/mol. The maximum absolute atomic E-state index is 12.3. The normalized spacial score (nSPS) is 11.7. The van der Waals surface area contributed by atoms with Crippen LogP contribution in [0.4, 0.5) is 0 Å². The molecule has 0 saturated heterocycles. The summed E-state index contributed by atoms with van der Waals surface area (Å²) in [6.45, 7) is 4.29. The van der Waals surface area contributed by atoms with Gasteiger partial charge in [-0.25, -0.2) is 0 Å². The Hall–Kier alpha value is -2.20. The van der Waals surface area contributed by atoms with E-state index in [1.165, 1.54) is 0 Å². The molecule has 0 aliphatic heterocycles. The Labute approximate surface area is 147 Å². The van der Waals surface area contributed by atoms with Crippen LogP contribution in [0.25, 0.3) is 0 Å². The zero-order valence-corrected chi connectivity index (χ0v) is 14.9. The summed E-state index contributed by atoms with van der Waals surface area (Å²) >= 11 is 5.96. The molecular weight excluding hydrogens is 326 g/mol. The Morgan fingerprint density at radius 3 is 2.71 bits per heavy atom. The van der Waals surface area contributed by atoms with Crippen LogP contribution in [0.15, 0.2) is 42.5 Å². The van der Waals surface area contributed by atoms with E-state index in [-0.39, 0.29) is 18.6 Å². The summed E-state index contributed by atoms with van der Waals surface area (Å²) in [4.78, 5) is 12.3. The molecular formula is C19H22ClNO3. The van der Waals surface area contributed by atoms with E-state index in [1.807, 2.05) is 26.0 Å². The average Bonchev–Trinajstić information content (AvgIpc) is 2.59. The summed E-state index contributed by atoms with van der Waals surface area (Å²) in [5.41, 5.74) is 1.38. The highest BCUT2D eigenvalue weighted by Gasteiger charge is 2.12. The second kappa shape index (κ2) is 8.60. The zero-order valence-electron chi connectivity index (χ0n) is 14.1. The molecule has 24 heavy (non-hydrogen) atoms. The smallest absolute Gasteiger partial charge is 0.251 e. The van der Waals surface area contributed by atoms with Crippen LogP contribution in [0.3, 0.4) is 0 Å². The molecule has 1 unspecified atom stereocenters. The van der Waals surface area contributed by atoms with E-state index in [4.69, 9.17) is 21.1 Å². The van der Waals surface area contributed by atoms with Crippen molar-refractivity contribution in [2.75, 3.05) is 7.11 Å². The summed E-state index contributed by atoms with van der Waals surface area (Å²) in [7, 11) is 1.59. The molecule has 0 aromatic heterocycles. The van der Waals surface area contributed by atoms with E-state index in [2.05, 4.69) is 5.32 Å². The highest BCUT2D eigenvalue weighted by atomic mass is 35.5. The first-order valence-electron chi connectivity index (χ1n) is 7.89. The van der Waals surface area contributed by atoms with Crippen LogP contribution in [-0.2, 0) is 6.61 Å². The molecule has 4 nitrogen and oxygen atoms in total. The summed E-state index contributed by atoms with van der Waals surface area (Å²) in [5.74, 6) is 1.24. The maximum atomic E-state index is 12.3. The fourth-order valence-corrected chi connectivity index (χ4v) is 2.34. The second-order valence-electron chi connectivity index (χ2n) is 5.56. The van der Waals surface area contributed by atoms with Crippen molar-refractivity contribution >= 4 is 17.5 Å². The minimum Gasteiger partial charge on any atom is -0.496 e. The van der Waals surface area contributed by atoms with Crippen molar-refractivity contribution in [3.05, 3.63) is 58.6 Å². The van der Waals surface area contributed by atoms with E-state index >= 15 is 0 Å². The Balaban J connectivity index is 2.15. The zero-order chi connectivity index (χ0) is 17.5. The minimum atomic E-state index is -0.101. The second-order valence-corrected chi connectivity index (χ2v) is 5.99. The molecule has 0 radical (unpaired) electrons. The van der Waals surface area contributed by atoms with Crippen molar-refractivity contribution in [3.63, 3.8) is 0 Å². The van der Waals surface area contributed by atoms with Gasteiger partial charge in [0.2, 0.25) is 0 Å². The van der Waals surface area contributed by atoms with Crippen LogP contribution in [-0.4, -0.2) is 19.1 Å². The number of carbonyl (C=O) groups is 1. The number of halogens is 1. The molecule has 1 N–H and O–H groups in total. The standard InChI is InChI=1S/C19H22ClNO3/c1-4-13(2)21-19(22)14-8-9-18(23-3)15(10-14)12-24-17-7-5-6-16(20)11-17/h5-11,13H,4,12H2,1-3H3,(H,21,22). The van der Waals surface area contributed by atoms with Crippen molar-refractivity contribution < 1.29 is 14.3 Å². The fourth-order valence-electron chi connectivity index (χ4n) is 2.16. The number of amides is 1. The predicted octanol–water partition coefficient (Wildman–Crippen LogP) is 4.46. The Morgan fingerprint density at radius 1 is 1.25 bits per heavy atom. The van der Waals surface area contributed by atoms with Crippen LogP contribution in [0.1, 0.15) is 36.2 Å². The molecule has 1 amide bonds. The lowest BCUT2D eigenvalue weighted by Crippen LogP contribution is -2.31. The summed E-state index contributed by atoms with van der Waals surface area (Å²) in [6, 6.07) is 12.6. The van der Waals surface area contributed by atoms with Gasteiger partial charge in [-0.15, -0.1) is 0 Å². The molecule has 1 atom stereocenters. The van der Waals surface area contributed by atoms with Gasteiger partial charge in [-0.05, 0) is 49.7 Å². The van der Waals surface area contributed by atoms with Crippen LogP contribution in [0.5, 0.6) is 11.5 Å². The van der Waals surface area contributed by atoms with Gasteiger partial charge in [0.25, 0.3) is 5.91 Å². The lowest BCUT2D eigenvalue weighted by molar-refractivity contribution is 0.0939. The van der Waals surface area contributed by atoms with Gasteiger partial charge in [0.1, 0.15) is 18.1 Å². The first-order valence-corrected chi connectivity index (χ1v) is 8.27. The van der Waals surface area contributed by atoms with E-state index in [9.17, 15) is 4.79 Å². The molecule has 5 heteroatoms. The molecule has 0 spiro atoms. The Bertz CT molecular complexity index is 703. The Morgan fingerprint density at radius 2 is 2.04 bits per heavy atom. The number of hydrogen-bond acceptors (Lipinski definition) is 3. The van der Waals surface area contributed by atoms with E-state index in [1.54, 1.807) is 37.4 Å². The van der Waals surface area contributed by atoms with Crippen LogP contribution >= 0.6 is 11.6 Å². The average molecular weight is 348 g/mol. The van der Waals surface area contributed by atoms with Crippen LogP contribution in [0, 0.1) is 0 Å². The molecule has 0 bridgehead atoms. The number of benzene rings is 2. The minimum absolute atomic E-state index is 0.101. The number of hydrogen-bond donors (Lipinski definition) is 1. The van der Waals surface area contributed by atoms with E-state index in [0.29, 0.717) is 22.1 Å². The summed E-state index contributed by atoms with van der Waals surface area (Å²) in [5, 5.41) is 3.57. The maximum Gasteiger partial charge on any atom is 0.251 e. The number of carbonyl (C=O) groups excluding carboxylic acids is 1. The summed E-state index contributed by atoms with van der Waals surface area (Å²) < 4.78 is 11.1. The molecule has 0 saturated carbocycles. The van der Waals surface area contributed by atoms with Crippen molar-refractivity contribution in [3.8, 4) is 11.5 Å². The molecule has 0 aliphatic carbocycles. The summed E-state index contributed by atoms with van der Waals surface area (Å²) in [6.07, 6.45) is 0.882. The topological polar surface area (TPSA) is 47.6 Å². The number of nitrogens with one attached hydrogen (secondary N) is 1. The van der Waals surface area contributed by atoms with Gasteiger partial charge in [-0.3, -0.25) is 4.79 Å². The third-order valence-electron chi connectivity index (χ3n) is 3.72. The molecule has 2 aromatic carbocycles. The number of rotatable bonds is 7. The van der Waals surface area contributed by atoms with Gasteiger partial charge in [0.15, 0.2) is 0 Å². The fraction of sp³-hybridized carbons (Fsp3) is 0.316. The van der Waals surface area contributed by atoms with Gasteiger partial charge in [0, 0.05) is 22.2 Å². The van der Waals surface area contributed by atoms with Gasteiger partial charge in [-0.1, -0.05) is 24.6 Å². The third kappa shape index (κ3) is 4.90.